The zero-order chi connectivity index (χ0) is 17.0. The minimum absolute atomic E-state index is 0.0338. The van der Waals surface area contributed by atoms with Crippen molar-refractivity contribution in [2.45, 2.75) is 20.8 Å². The van der Waals surface area contributed by atoms with Crippen LogP contribution in [-0.4, -0.2) is 37.4 Å². The summed E-state index contributed by atoms with van der Waals surface area (Å²) >= 11 is 0. The minimum atomic E-state index is -0.293. The second-order valence-electron chi connectivity index (χ2n) is 5.29. The lowest BCUT2D eigenvalue weighted by atomic mass is 10.2. The van der Waals surface area contributed by atoms with Crippen molar-refractivity contribution in [1.29, 1.82) is 0 Å². The molecule has 2 rings (SSSR count). The topological polar surface area (TPSA) is 72.9 Å². The number of Topliss-reactive ketones (excluding diaryl/α,β-unsaturated/α-hetero) is 1. The molecule has 0 aromatic heterocycles. The number of hydrogen-bond donors (Lipinski definition) is 0. The van der Waals surface area contributed by atoms with Crippen LogP contribution < -0.4 is 9.64 Å². The second kappa shape index (κ2) is 7.19. The average molecular weight is 317 g/mol. The molecule has 1 aromatic carbocycles. The fraction of sp³-hybridized carbons (Fsp3) is 0.353. The summed E-state index contributed by atoms with van der Waals surface area (Å²) in [5, 5.41) is 0. The molecule has 23 heavy (non-hydrogen) atoms. The van der Waals surface area contributed by atoms with E-state index in [-0.39, 0.29) is 24.2 Å². The van der Waals surface area contributed by atoms with Gasteiger partial charge in [-0.1, -0.05) is 0 Å². The Labute approximate surface area is 134 Å². The Morgan fingerprint density at radius 1 is 1.00 bits per heavy atom. The molecule has 0 spiro atoms. The molecule has 0 fully saturated rings. The number of benzene rings is 1. The van der Waals surface area contributed by atoms with Crippen LogP contribution in [0.2, 0.25) is 0 Å². The molecule has 1 aliphatic rings. The van der Waals surface area contributed by atoms with Crippen LogP contribution in [0.1, 0.15) is 20.8 Å². The van der Waals surface area contributed by atoms with Gasteiger partial charge in [-0.2, -0.15) is 0 Å². The Morgan fingerprint density at radius 2 is 1.57 bits per heavy atom. The third-order valence-electron chi connectivity index (χ3n) is 3.51. The summed E-state index contributed by atoms with van der Waals surface area (Å²) in [5.74, 6) is -0.0215. The molecule has 0 unspecified atom stereocenters. The molecule has 0 N–H and O–H groups in total. The van der Waals surface area contributed by atoms with Gasteiger partial charge in [-0.3, -0.25) is 14.4 Å². The highest BCUT2D eigenvalue weighted by molar-refractivity contribution is 6.32. The van der Waals surface area contributed by atoms with Gasteiger partial charge < -0.3 is 9.47 Å². The molecule has 6 heteroatoms. The molecule has 0 atom stereocenters. The number of ketones is 1. The smallest absolute Gasteiger partial charge is 0.261 e. The van der Waals surface area contributed by atoms with Gasteiger partial charge in [0.05, 0.1) is 12.3 Å². The van der Waals surface area contributed by atoms with Crippen molar-refractivity contribution in [3.63, 3.8) is 0 Å². The summed E-state index contributed by atoms with van der Waals surface area (Å²) in [5.41, 5.74) is 1.45. The molecule has 0 bridgehead atoms. The summed E-state index contributed by atoms with van der Waals surface area (Å²) in [6.07, 6.45) is 0. The molecule has 0 saturated carbocycles. The van der Waals surface area contributed by atoms with E-state index in [2.05, 4.69) is 0 Å². The zero-order valence-electron chi connectivity index (χ0n) is 13.4. The van der Waals surface area contributed by atoms with E-state index < -0.39 is 0 Å². The quantitative estimate of drug-likeness (QED) is 0.567. The van der Waals surface area contributed by atoms with Crippen molar-refractivity contribution in [3.05, 3.63) is 35.4 Å². The summed E-state index contributed by atoms with van der Waals surface area (Å²) in [6.45, 7) is 5.45. The zero-order valence-corrected chi connectivity index (χ0v) is 13.4. The fourth-order valence-electron chi connectivity index (χ4n) is 2.11. The molecule has 1 heterocycles. The van der Waals surface area contributed by atoms with Crippen molar-refractivity contribution in [2.24, 2.45) is 0 Å². The van der Waals surface area contributed by atoms with Gasteiger partial charge >= 0.3 is 0 Å². The van der Waals surface area contributed by atoms with E-state index in [0.717, 1.165) is 4.90 Å². The van der Waals surface area contributed by atoms with Crippen LogP contribution in [0, 0.1) is 0 Å². The summed E-state index contributed by atoms with van der Waals surface area (Å²) in [7, 11) is 0. The molecule has 2 amide bonds. The van der Waals surface area contributed by atoms with E-state index >= 15 is 0 Å². The van der Waals surface area contributed by atoms with E-state index in [1.54, 1.807) is 38.1 Å². The molecular weight excluding hydrogens is 298 g/mol. The van der Waals surface area contributed by atoms with Gasteiger partial charge in [0.1, 0.15) is 19.0 Å². The monoisotopic (exact) mass is 317 g/mol. The molecule has 1 aliphatic heterocycles. The number of ether oxygens (including phenoxy) is 2. The van der Waals surface area contributed by atoms with Crippen LogP contribution in [0.3, 0.4) is 0 Å². The maximum Gasteiger partial charge on any atom is 0.261 e. The normalized spacial score (nSPS) is 14.7. The Hall–Kier alpha value is -2.47. The van der Waals surface area contributed by atoms with E-state index in [1.807, 2.05) is 0 Å². The van der Waals surface area contributed by atoms with Crippen molar-refractivity contribution < 1.29 is 23.9 Å². The van der Waals surface area contributed by atoms with Gasteiger partial charge in [0.25, 0.3) is 11.8 Å². The first kappa shape index (κ1) is 16.9. The van der Waals surface area contributed by atoms with Crippen molar-refractivity contribution in [1.82, 2.24) is 0 Å². The van der Waals surface area contributed by atoms with Gasteiger partial charge in [0, 0.05) is 11.1 Å². The van der Waals surface area contributed by atoms with Crippen molar-refractivity contribution in [3.8, 4) is 5.75 Å². The highest BCUT2D eigenvalue weighted by Gasteiger charge is 2.34. The predicted octanol–water partition coefficient (Wildman–Crippen LogP) is 1.88. The Morgan fingerprint density at radius 3 is 2.09 bits per heavy atom. The number of imide groups is 1. The molecule has 1 aromatic rings. The summed E-state index contributed by atoms with van der Waals surface area (Å²) < 4.78 is 10.6. The third-order valence-corrected chi connectivity index (χ3v) is 3.51. The molecule has 122 valence electrons. The minimum Gasteiger partial charge on any atom is -0.491 e. The molecule has 0 saturated heterocycles. The predicted molar refractivity (Wildman–Crippen MR) is 84.3 cm³/mol. The first-order valence-corrected chi connectivity index (χ1v) is 7.28. The molecule has 0 aliphatic carbocycles. The largest absolute Gasteiger partial charge is 0.491 e. The van der Waals surface area contributed by atoms with Crippen LogP contribution in [0.15, 0.2) is 35.4 Å². The van der Waals surface area contributed by atoms with Crippen LogP contribution in [0.4, 0.5) is 5.69 Å². The van der Waals surface area contributed by atoms with Crippen molar-refractivity contribution >= 4 is 23.3 Å². The average Bonchev–Trinajstić information content (AvgIpc) is 2.71. The van der Waals surface area contributed by atoms with Crippen LogP contribution in [0.25, 0.3) is 0 Å². The number of nitrogens with zero attached hydrogens (tertiary/aromatic N) is 1. The van der Waals surface area contributed by atoms with Gasteiger partial charge in [0.2, 0.25) is 0 Å². The molecule has 6 nitrogen and oxygen atoms in total. The SMILES string of the molecule is CC(=O)COCCOc1ccc(N2C(=O)C(C)=C(C)C2=O)cc1. The van der Waals surface area contributed by atoms with Crippen LogP contribution in [0.5, 0.6) is 5.75 Å². The first-order chi connectivity index (χ1) is 10.9. The van der Waals surface area contributed by atoms with E-state index in [9.17, 15) is 14.4 Å². The molecular formula is C17H19NO5. The number of rotatable bonds is 7. The lowest BCUT2D eigenvalue weighted by Gasteiger charge is -2.15. The number of hydrogen-bond acceptors (Lipinski definition) is 5. The Bertz CT molecular complexity index is 636. The maximum absolute atomic E-state index is 12.1. The highest BCUT2D eigenvalue weighted by atomic mass is 16.5. The lowest BCUT2D eigenvalue weighted by molar-refractivity contribution is -0.122. The van der Waals surface area contributed by atoms with E-state index in [0.29, 0.717) is 35.8 Å². The lowest BCUT2D eigenvalue weighted by Crippen LogP contribution is -2.31. The van der Waals surface area contributed by atoms with E-state index in [1.165, 1.54) is 6.92 Å². The molecule has 0 radical (unpaired) electrons. The Balaban J connectivity index is 1.92. The summed E-state index contributed by atoms with van der Waals surface area (Å²) in [4.78, 5) is 36.0. The number of carbonyl (C=O) groups is 3. The van der Waals surface area contributed by atoms with Crippen molar-refractivity contribution in [2.75, 3.05) is 24.7 Å². The Kier molecular flexibility index (Phi) is 5.28. The van der Waals surface area contributed by atoms with Gasteiger partial charge in [-0.05, 0) is 45.0 Å². The first-order valence-electron chi connectivity index (χ1n) is 7.28. The van der Waals surface area contributed by atoms with Gasteiger partial charge in [0.15, 0.2) is 5.78 Å². The van der Waals surface area contributed by atoms with E-state index in [4.69, 9.17) is 9.47 Å². The van der Waals surface area contributed by atoms with Crippen LogP contribution in [-0.2, 0) is 19.1 Å². The third kappa shape index (κ3) is 3.84. The highest BCUT2D eigenvalue weighted by Crippen LogP contribution is 2.27. The maximum atomic E-state index is 12.1. The number of amides is 2. The second-order valence-corrected chi connectivity index (χ2v) is 5.29. The number of carbonyl (C=O) groups excluding carboxylic acids is 3. The standard InChI is InChI=1S/C17H19NO5/c1-11(19)10-22-8-9-23-15-6-4-14(5-7-15)18-16(20)12(2)13(3)17(18)21/h4-7H,8-10H2,1-3H3. The fourth-order valence-corrected chi connectivity index (χ4v) is 2.11. The van der Waals surface area contributed by atoms with Gasteiger partial charge in [-0.15, -0.1) is 0 Å². The summed E-state index contributed by atoms with van der Waals surface area (Å²) in [6, 6.07) is 6.69. The number of anilines is 1. The van der Waals surface area contributed by atoms with Gasteiger partial charge in [-0.25, -0.2) is 4.90 Å². The van der Waals surface area contributed by atoms with Crippen LogP contribution >= 0.6 is 0 Å².